The molecule has 2 unspecified atom stereocenters. The normalized spacial score (nSPS) is 13.5. The monoisotopic (exact) mass is 220 g/mol. The van der Waals surface area contributed by atoms with Gasteiger partial charge in [0.05, 0.1) is 12.1 Å². The Balaban J connectivity index is -0.000000152. The van der Waals surface area contributed by atoms with Gasteiger partial charge in [-0.3, -0.25) is 4.79 Å². The van der Waals surface area contributed by atoms with Crippen LogP contribution >= 0.6 is 0 Å². The number of rotatable bonds is 4. The van der Waals surface area contributed by atoms with Crippen LogP contribution in [-0.2, 0) is 9.59 Å². The van der Waals surface area contributed by atoms with Gasteiger partial charge in [0, 0.05) is 2.85 Å². The summed E-state index contributed by atoms with van der Waals surface area (Å²) in [6, 6.07) is -0.991. The molecule has 0 aliphatic carbocycles. The van der Waals surface area contributed by atoms with Crippen molar-refractivity contribution in [2.24, 2.45) is 11.7 Å². The molecular formula is C11H28N2O2. The average Bonchev–Trinajstić information content (AvgIpc) is 2.17. The number of carbonyl (C=O) groups is 2. The summed E-state index contributed by atoms with van der Waals surface area (Å²) in [5, 5.41) is 2.48. The van der Waals surface area contributed by atoms with Crippen molar-refractivity contribution in [3.8, 4) is 0 Å². The van der Waals surface area contributed by atoms with E-state index in [1.54, 1.807) is 6.92 Å². The number of aldehydes is 1. The number of amides is 1. The Kier molecular flexibility index (Phi) is 10.6. The lowest BCUT2D eigenvalue weighted by molar-refractivity contribution is -0.125. The summed E-state index contributed by atoms with van der Waals surface area (Å²) in [6.07, 6.45) is 1.92. The zero-order valence-corrected chi connectivity index (χ0v) is 10.4. The van der Waals surface area contributed by atoms with Gasteiger partial charge < -0.3 is 15.8 Å². The smallest absolute Gasteiger partial charge is 0.237 e. The SMILES string of the molecule is CC(C=O)NC(=O)C(N)C(C)C.CCC.[HH].[HH]. The fourth-order valence-electron chi connectivity index (χ4n) is 0.657. The van der Waals surface area contributed by atoms with Crippen LogP contribution in [0.5, 0.6) is 0 Å². The maximum absolute atomic E-state index is 11.2. The largest absolute Gasteiger partial charge is 0.346 e. The van der Waals surface area contributed by atoms with Crippen LogP contribution in [0.3, 0.4) is 0 Å². The lowest BCUT2D eigenvalue weighted by atomic mass is 10.0. The highest BCUT2D eigenvalue weighted by Gasteiger charge is 2.18. The Labute approximate surface area is 95.6 Å². The van der Waals surface area contributed by atoms with Crippen molar-refractivity contribution < 1.29 is 12.4 Å². The van der Waals surface area contributed by atoms with Crippen LogP contribution in [0.2, 0.25) is 0 Å². The molecule has 0 spiro atoms. The van der Waals surface area contributed by atoms with Crippen molar-refractivity contribution in [3.05, 3.63) is 0 Å². The molecule has 0 aromatic heterocycles. The third kappa shape index (κ3) is 9.41. The third-order valence-corrected chi connectivity index (χ3v) is 1.60. The fourth-order valence-corrected chi connectivity index (χ4v) is 0.657. The van der Waals surface area contributed by atoms with Crippen molar-refractivity contribution in [3.63, 3.8) is 0 Å². The van der Waals surface area contributed by atoms with Gasteiger partial charge in [0.15, 0.2) is 0 Å². The Morgan fingerprint density at radius 2 is 1.80 bits per heavy atom. The molecule has 2 atom stereocenters. The zero-order valence-electron chi connectivity index (χ0n) is 10.4. The van der Waals surface area contributed by atoms with Crippen LogP contribution in [0.4, 0.5) is 0 Å². The summed E-state index contributed by atoms with van der Waals surface area (Å²) in [5.74, 6) is -0.187. The second kappa shape index (κ2) is 9.65. The molecule has 0 aromatic carbocycles. The van der Waals surface area contributed by atoms with E-state index in [-0.39, 0.29) is 14.7 Å². The topological polar surface area (TPSA) is 72.2 Å². The molecule has 0 aliphatic rings. The maximum Gasteiger partial charge on any atom is 0.237 e. The molecule has 0 aromatic rings. The summed E-state index contributed by atoms with van der Waals surface area (Å²) < 4.78 is 0. The van der Waals surface area contributed by atoms with E-state index in [2.05, 4.69) is 19.2 Å². The van der Waals surface area contributed by atoms with E-state index in [4.69, 9.17) is 5.73 Å². The Morgan fingerprint density at radius 1 is 1.40 bits per heavy atom. The number of carbonyl (C=O) groups excluding carboxylic acids is 2. The molecule has 15 heavy (non-hydrogen) atoms. The Hall–Kier alpha value is -0.900. The number of nitrogens with one attached hydrogen (secondary N) is 1. The van der Waals surface area contributed by atoms with Gasteiger partial charge in [-0.2, -0.15) is 0 Å². The van der Waals surface area contributed by atoms with Gasteiger partial charge in [-0.25, -0.2) is 0 Å². The van der Waals surface area contributed by atoms with Crippen molar-refractivity contribution in [1.29, 1.82) is 0 Å². The van der Waals surface area contributed by atoms with Gasteiger partial charge in [0.2, 0.25) is 5.91 Å². The van der Waals surface area contributed by atoms with Crippen LogP contribution in [0.15, 0.2) is 0 Å². The van der Waals surface area contributed by atoms with E-state index in [1.807, 2.05) is 13.8 Å². The van der Waals surface area contributed by atoms with Gasteiger partial charge >= 0.3 is 0 Å². The van der Waals surface area contributed by atoms with E-state index in [0.717, 1.165) is 0 Å². The fraction of sp³-hybridized carbons (Fsp3) is 0.818. The standard InChI is InChI=1S/C8H16N2O2.C3H8.2H2/c1-5(2)7(9)8(12)10-6(3)4-11;1-3-2;;/h4-7H,9H2,1-3H3,(H,10,12);3H2,1-2H3;2*1H. The van der Waals surface area contributed by atoms with E-state index in [1.165, 1.54) is 6.42 Å². The van der Waals surface area contributed by atoms with Crippen molar-refractivity contribution in [2.45, 2.75) is 53.1 Å². The molecule has 0 heterocycles. The lowest BCUT2D eigenvalue weighted by Gasteiger charge is -2.16. The lowest BCUT2D eigenvalue weighted by Crippen LogP contribution is -2.47. The number of hydrogen-bond acceptors (Lipinski definition) is 3. The molecule has 4 nitrogen and oxygen atoms in total. The van der Waals surface area contributed by atoms with E-state index < -0.39 is 12.1 Å². The number of hydrogen-bond donors (Lipinski definition) is 2. The van der Waals surface area contributed by atoms with E-state index in [0.29, 0.717) is 6.29 Å². The van der Waals surface area contributed by atoms with Crippen LogP contribution in [-0.4, -0.2) is 24.3 Å². The predicted octanol–water partition coefficient (Wildman–Crippen LogP) is 1.58. The minimum Gasteiger partial charge on any atom is -0.346 e. The van der Waals surface area contributed by atoms with Crippen molar-refractivity contribution in [2.75, 3.05) is 0 Å². The second-order valence-electron chi connectivity index (χ2n) is 3.91. The second-order valence-corrected chi connectivity index (χ2v) is 3.91. The molecule has 0 saturated heterocycles. The molecule has 3 N–H and O–H groups in total. The first-order valence-electron chi connectivity index (χ1n) is 5.41. The van der Waals surface area contributed by atoms with Gasteiger partial charge in [-0.15, -0.1) is 0 Å². The molecular weight excluding hydrogens is 192 g/mol. The summed E-state index contributed by atoms with van der Waals surface area (Å²) in [5.41, 5.74) is 5.54. The molecule has 94 valence electrons. The molecule has 0 bridgehead atoms. The maximum atomic E-state index is 11.2. The highest BCUT2D eigenvalue weighted by molar-refractivity contribution is 5.84. The molecule has 0 saturated carbocycles. The first-order valence-corrected chi connectivity index (χ1v) is 5.41. The minimum atomic E-state index is -0.535. The van der Waals surface area contributed by atoms with Crippen LogP contribution in [0.25, 0.3) is 0 Å². The highest BCUT2D eigenvalue weighted by atomic mass is 16.2. The number of nitrogens with two attached hydrogens (primary N) is 1. The third-order valence-electron chi connectivity index (χ3n) is 1.60. The Bertz CT molecular complexity index is 190. The summed E-state index contributed by atoms with van der Waals surface area (Å²) in [7, 11) is 0. The molecule has 0 radical (unpaired) electrons. The summed E-state index contributed by atoms with van der Waals surface area (Å²) >= 11 is 0. The average molecular weight is 220 g/mol. The van der Waals surface area contributed by atoms with Crippen molar-refractivity contribution >= 4 is 12.2 Å². The van der Waals surface area contributed by atoms with Gasteiger partial charge in [-0.05, 0) is 12.8 Å². The minimum absolute atomic E-state index is 0. The van der Waals surface area contributed by atoms with Crippen LogP contribution in [0, 0.1) is 5.92 Å². The molecule has 4 heteroatoms. The molecule has 1 amide bonds. The quantitative estimate of drug-likeness (QED) is 0.707. The first kappa shape index (κ1) is 16.5. The zero-order chi connectivity index (χ0) is 12.4. The van der Waals surface area contributed by atoms with Gasteiger partial charge in [0.1, 0.15) is 6.29 Å². The predicted molar refractivity (Wildman–Crippen MR) is 66.7 cm³/mol. The van der Waals surface area contributed by atoms with Crippen LogP contribution < -0.4 is 11.1 Å². The van der Waals surface area contributed by atoms with E-state index >= 15 is 0 Å². The highest BCUT2D eigenvalue weighted by Crippen LogP contribution is 1.97. The van der Waals surface area contributed by atoms with E-state index in [9.17, 15) is 9.59 Å². The van der Waals surface area contributed by atoms with Gasteiger partial charge in [0.25, 0.3) is 0 Å². The molecule has 0 rings (SSSR count). The first-order chi connectivity index (χ1) is 6.90. The molecule has 0 aliphatic heterocycles. The van der Waals surface area contributed by atoms with Crippen molar-refractivity contribution in [1.82, 2.24) is 5.32 Å². The molecule has 0 fully saturated rings. The Morgan fingerprint density at radius 3 is 2.07 bits per heavy atom. The van der Waals surface area contributed by atoms with Crippen LogP contribution in [0.1, 0.15) is 43.9 Å². The van der Waals surface area contributed by atoms with Gasteiger partial charge in [-0.1, -0.05) is 34.1 Å². The summed E-state index contributed by atoms with van der Waals surface area (Å²) in [6.45, 7) is 9.57. The summed E-state index contributed by atoms with van der Waals surface area (Å²) in [4.78, 5) is 21.3.